The molecule has 0 atom stereocenters. The summed E-state index contributed by atoms with van der Waals surface area (Å²) in [6.45, 7) is 0. The molecule has 5 nitrogen and oxygen atoms in total. The molecular formula is C70H49N3O2Si2. The van der Waals surface area contributed by atoms with Gasteiger partial charge in [-0.25, -0.2) is 9.97 Å². The number of oxazole rings is 2. The topological polar surface area (TPSA) is 55.3 Å². The van der Waals surface area contributed by atoms with Crippen LogP contribution in [0.25, 0.3) is 45.1 Å². The quantitative estimate of drug-likeness (QED) is 0.135. The van der Waals surface area contributed by atoms with E-state index in [-0.39, 0.29) is 5.92 Å². The van der Waals surface area contributed by atoms with Gasteiger partial charge >= 0.3 is 0 Å². The smallest absolute Gasteiger partial charge is 0.227 e. The average Bonchev–Trinajstić information content (AvgIpc) is 4.15. The van der Waals surface area contributed by atoms with Crippen molar-refractivity contribution in [2.24, 2.45) is 0 Å². The van der Waals surface area contributed by atoms with Crippen LogP contribution in [-0.2, 0) is 6.42 Å². The molecule has 2 aromatic heterocycles. The normalized spacial score (nSPS) is 14.2. The number of hydrogen-bond donors (Lipinski definition) is 0. The molecule has 0 aliphatic carbocycles. The predicted molar refractivity (Wildman–Crippen MR) is 320 cm³/mol. The molecule has 0 fully saturated rings. The molecule has 364 valence electrons. The molecule has 4 heterocycles. The van der Waals surface area contributed by atoms with E-state index < -0.39 is 16.1 Å². The first-order valence-corrected chi connectivity index (χ1v) is 30.5. The third-order valence-corrected chi connectivity index (χ3v) is 26.1. The van der Waals surface area contributed by atoms with E-state index in [9.17, 15) is 0 Å². The first-order chi connectivity index (χ1) is 38.2. The molecule has 77 heavy (non-hydrogen) atoms. The highest BCUT2D eigenvalue weighted by Crippen LogP contribution is 2.40. The van der Waals surface area contributed by atoms with Gasteiger partial charge < -0.3 is 13.7 Å². The zero-order chi connectivity index (χ0) is 50.9. The molecule has 13 aromatic rings. The molecule has 0 bridgehead atoms. The van der Waals surface area contributed by atoms with Gasteiger partial charge in [-0.1, -0.05) is 218 Å². The number of benzene rings is 11. The number of para-hydroxylation sites is 2. The molecule has 2 aliphatic rings. The third kappa shape index (κ3) is 7.05. The largest absolute Gasteiger partial charge is 0.436 e. The monoisotopic (exact) mass is 1020 g/mol. The van der Waals surface area contributed by atoms with Crippen LogP contribution in [0.1, 0.15) is 22.6 Å². The van der Waals surface area contributed by atoms with Gasteiger partial charge in [-0.3, -0.25) is 0 Å². The summed E-state index contributed by atoms with van der Waals surface area (Å²) in [5, 5.41) is 11.2. The second-order valence-electron chi connectivity index (χ2n) is 20.3. The van der Waals surface area contributed by atoms with Crippen LogP contribution in [0.4, 0.5) is 17.1 Å². The van der Waals surface area contributed by atoms with Crippen molar-refractivity contribution in [1.82, 2.24) is 9.97 Å². The number of fused-ring (bicyclic) bond motifs is 6. The Balaban J connectivity index is 0.717. The van der Waals surface area contributed by atoms with E-state index in [1.807, 2.05) is 12.1 Å². The van der Waals surface area contributed by atoms with Gasteiger partial charge in [0, 0.05) is 46.2 Å². The highest BCUT2D eigenvalue weighted by Gasteiger charge is 2.50. The Morgan fingerprint density at radius 3 is 1.13 bits per heavy atom. The number of anilines is 3. The molecule has 11 aromatic carbocycles. The van der Waals surface area contributed by atoms with E-state index >= 15 is 0 Å². The van der Waals surface area contributed by atoms with Gasteiger partial charge in [0.15, 0.2) is 27.3 Å². The highest BCUT2D eigenvalue weighted by atomic mass is 28.3. The summed E-state index contributed by atoms with van der Waals surface area (Å²) >= 11 is 0. The van der Waals surface area contributed by atoms with E-state index in [4.69, 9.17) is 18.8 Å². The molecule has 15 rings (SSSR count). The Labute approximate surface area is 449 Å². The van der Waals surface area contributed by atoms with Crippen LogP contribution < -0.4 is 46.4 Å². The first kappa shape index (κ1) is 45.0. The van der Waals surface area contributed by atoms with Gasteiger partial charge in [0.2, 0.25) is 11.8 Å². The predicted octanol–water partition coefficient (Wildman–Crippen LogP) is 11.5. The first-order valence-electron chi connectivity index (χ1n) is 26.5. The molecule has 0 radical (unpaired) electrons. The summed E-state index contributed by atoms with van der Waals surface area (Å²) in [6, 6.07) is 102. The Morgan fingerprint density at radius 1 is 0.351 bits per heavy atom. The Bertz CT molecular complexity index is 4080. The lowest BCUT2D eigenvalue weighted by Crippen LogP contribution is -2.77. The molecule has 0 N–H and O–H groups in total. The number of aromatic nitrogens is 2. The maximum Gasteiger partial charge on any atom is 0.227 e. The van der Waals surface area contributed by atoms with Crippen LogP contribution in [0, 0.1) is 0 Å². The van der Waals surface area contributed by atoms with Crippen molar-refractivity contribution >= 4 is 96.9 Å². The molecule has 0 saturated carbocycles. The van der Waals surface area contributed by atoms with Gasteiger partial charge in [0.05, 0.1) is 0 Å². The molecule has 2 aliphatic heterocycles. The summed E-state index contributed by atoms with van der Waals surface area (Å²) in [7, 11) is -5.32. The SMILES string of the molecule is c1ccc([Si]2(c3ccccc3)c3ccccc3C(Cc3ccc(-c4nc5cc6oc(-c7ccc(N8c9ccccc9[Si](c9ccccc9)(c9ccccc9)c9ccccc98)cc7)nc6cc5o4)cc3)c3ccccc32)cc1. The van der Waals surface area contributed by atoms with Crippen molar-refractivity contribution in [2.75, 3.05) is 4.90 Å². The fraction of sp³-hybridized carbons (Fsp3) is 0.0286. The third-order valence-electron chi connectivity index (χ3n) is 16.3. The van der Waals surface area contributed by atoms with Crippen LogP contribution in [0.3, 0.4) is 0 Å². The van der Waals surface area contributed by atoms with Crippen molar-refractivity contribution in [3.05, 3.63) is 296 Å². The zero-order valence-electron chi connectivity index (χ0n) is 42.0. The van der Waals surface area contributed by atoms with E-state index in [0.717, 1.165) is 34.3 Å². The summed E-state index contributed by atoms with van der Waals surface area (Å²) in [6.07, 6.45) is 0.870. The van der Waals surface area contributed by atoms with Gasteiger partial charge in [0.1, 0.15) is 11.0 Å². The number of hydrogen-bond acceptors (Lipinski definition) is 5. The molecule has 0 saturated heterocycles. The molecule has 0 spiro atoms. The minimum Gasteiger partial charge on any atom is -0.436 e. The lowest BCUT2D eigenvalue weighted by Gasteiger charge is -2.45. The zero-order valence-corrected chi connectivity index (χ0v) is 44.0. The lowest BCUT2D eigenvalue weighted by atomic mass is 9.85. The standard InChI is InChI=1S/C70H49N3O2Si2/c1-5-21-52(22-6-1)76(53-23-7-2-8-24-53)65-33-17-13-29-56(65)58(57-30-14-18-34-66(57)76)45-48-37-39-49(40-38-48)69-71-59-46-64-60(47-63(59)74-69)72-70(75-64)50-41-43-51(44-42-50)73-61-31-15-19-35-67(61)77(54-25-9-3-10-26-54,55-27-11-4-12-28-55)68-36-20-16-32-62(68)73/h1-44,46-47,58H,45H2. The minimum absolute atomic E-state index is 0.198. The van der Waals surface area contributed by atoms with Crippen LogP contribution in [0.15, 0.2) is 288 Å². The summed E-state index contributed by atoms with van der Waals surface area (Å²) in [5.41, 5.74) is 12.1. The second kappa shape index (κ2) is 18.2. The van der Waals surface area contributed by atoms with Crippen molar-refractivity contribution in [1.29, 1.82) is 0 Å². The van der Waals surface area contributed by atoms with Crippen molar-refractivity contribution in [3.63, 3.8) is 0 Å². The fourth-order valence-corrected chi connectivity index (χ4v) is 23.5. The van der Waals surface area contributed by atoms with Crippen LogP contribution in [0.2, 0.25) is 0 Å². The van der Waals surface area contributed by atoms with Gasteiger partial charge in [-0.15, -0.1) is 0 Å². The van der Waals surface area contributed by atoms with Crippen LogP contribution >= 0.6 is 0 Å². The molecule has 7 heteroatoms. The Kier molecular flexibility index (Phi) is 10.6. The van der Waals surface area contributed by atoms with Crippen molar-refractivity contribution in [3.8, 4) is 22.9 Å². The number of nitrogens with zero attached hydrogens (tertiary/aromatic N) is 3. The average molecular weight is 1020 g/mol. The van der Waals surface area contributed by atoms with Gasteiger partial charge in [-0.2, -0.15) is 0 Å². The maximum atomic E-state index is 6.50. The summed E-state index contributed by atoms with van der Waals surface area (Å²) < 4.78 is 13.0. The van der Waals surface area contributed by atoms with Gasteiger partial charge in [-0.05, 0) is 113 Å². The maximum absolute atomic E-state index is 6.50. The Hall–Kier alpha value is -9.41. The summed E-state index contributed by atoms with van der Waals surface area (Å²) in [4.78, 5) is 12.4. The van der Waals surface area contributed by atoms with E-state index in [1.165, 1.54) is 69.6 Å². The van der Waals surface area contributed by atoms with Gasteiger partial charge in [0.25, 0.3) is 0 Å². The van der Waals surface area contributed by atoms with E-state index in [1.54, 1.807) is 0 Å². The van der Waals surface area contributed by atoms with E-state index in [0.29, 0.717) is 22.9 Å². The minimum atomic E-state index is -2.70. The molecule has 0 amide bonds. The molecular weight excluding hydrogens is 971 g/mol. The van der Waals surface area contributed by atoms with Crippen molar-refractivity contribution < 1.29 is 8.83 Å². The second-order valence-corrected chi connectivity index (χ2v) is 27.8. The fourth-order valence-electron chi connectivity index (χ4n) is 13.0. The Morgan fingerprint density at radius 2 is 0.701 bits per heavy atom. The number of rotatable bonds is 9. The van der Waals surface area contributed by atoms with Crippen molar-refractivity contribution in [2.45, 2.75) is 12.3 Å². The highest BCUT2D eigenvalue weighted by molar-refractivity contribution is 7.21. The summed E-state index contributed by atoms with van der Waals surface area (Å²) in [5.74, 6) is 1.31. The molecule has 0 unspecified atom stereocenters. The van der Waals surface area contributed by atoms with Crippen LogP contribution in [-0.4, -0.2) is 26.1 Å². The lowest BCUT2D eigenvalue weighted by molar-refractivity contribution is 0.618. The van der Waals surface area contributed by atoms with Crippen LogP contribution in [0.5, 0.6) is 0 Å². The van der Waals surface area contributed by atoms with E-state index in [2.05, 4.69) is 272 Å².